The zero-order valence-corrected chi connectivity index (χ0v) is 24.3. The Morgan fingerprint density at radius 3 is 2.33 bits per heavy atom. The number of amides is 1. The van der Waals surface area contributed by atoms with Crippen LogP contribution in [0.4, 0.5) is 0 Å². The SMILES string of the molecule is CCn1c2ccccc2c2cc(-c3nc4cc(C(=O)NS(=O)(=O)c5ccc(OC)cc5)ccc4n3CCOC)ccc21. The van der Waals surface area contributed by atoms with Crippen molar-refractivity contribution in [2.45, 2.75) is 24.9 Å². The molecule has 0 radical (unpaired) electrons. The van der Waals surface area contributed by atoms with Gasteiger partial charge < -0.3 is 18.6 Å². The van der Waals surface area contributed by atoms with Gasteiger partial charge in [-0.15, -0.1) is 0 Å². The van der Waals surface area contributed by atoms with E-state index in [4.69, 9.17) is 14.5 Å². The van der Waals surface area contributed by atoms with Crippen LogP contribution in [-0.4, -0.2) is 49.3 Å². The molecule has 214 valence electrons. The second-order valence-electron chi connectivity index (χ2n) is 9.89. The van der Waals surface area contributed by atoms with E-state index in [0.717, 1.165) is 34.4 Å². The fourth-order valence-corrected chi connectivity index (χ4v) is 6.40. The highest BCUT2D eigenvalue weighted by Crippen LogP contribution is 2.34. The quantitative estimate of drug-likeness (QED) is 0.238. The zero-order valence-electron chi connectivity index (χ0n) is 23.5. The lowest BCUT2D eigenvalue weighted by Crippen LogP contribution is -2.30. The molecule has 0 atom stereocenters. The highest BCUT2D eigenvalue weighted by atomic mass is 32.2. The Labute approximate surface area is 243 Å². The smallest absolute Gasteiger partial charge is 0.265 e. The number of hydrogen-bond acceptors (Lipinski definition) is 6. The van der Waals surface area contributed by atoms with Crippen molar-refractivity contribution in [3.8, 4) is 17.1 Å². The molecule has 0 bridgehead atoms. The van der Waals surface area contributed by atoms with E-state index in [-0.39, 0.29) is 10.5 Å². The molecule has 0 aliphatic carbocycles. The van der Waals surface area contributed by atoms with Crippen molar-refractivity contribution in [2.24, 2.45) is 0 Å². The minimum atomic E-state index is -4.08. The number of carbonyl (C=O) groups excluding carboxylic acids is 1. The van der Waals surface area contributed by atoms with E-state index in [1.54, 1.807) is 25.3 Å². The molecular weight excluding hydrogens is 552 g/mol. The molecule has 0 saturated heterocycles. The first kappa shape index (κ1) is 27.5. The van der Waals surface area contributed by atoms with E-state index in [0.29, 0.717) is 24.4 Å². The summed E-state index contributed by atoms with van der Waals surface area (Å²) in [6.07, 6.45) is 0. The third-order valence-corrected chi connectivity index (χ3v) is 8.82. The number of sulfonamides is 1. The molecule has 1 amide bonds. The number of aryl methyl sites for hydroxylation is 1. The van der Waals surface area contributed by atoms with Gasteiger partial charge in [-0.1, -0.05) is 18.2 Å². The van der Waals surface area contributed by atoms with Gasteiger partial charge in [0.2, 0.25) is 0 Å². The number of imidazole rings is 1. The number of ether oxygens (including phenoxy) is 2. The van der Waals surface area contributed by atoms with Gasteiger partial charge in [0, 0.05) is 53.1 Å². The van der Waals surface area contributed by atoms with Crippen LogP contribution < -0.4 is 9.46 Å². The van der Waals surface area contributed by atoms with Crippen LogP contribution in [0.25, 0.3) is 44.2 Å². The van der Waals surface area contributed by atoms with Crippen molar-refractivity contribution in [3.05, 3.63) is 90.5 Å². The monoisotopic (exact) mass is 582 g/mol. The van der Waals surface area contributed by atoms with Gasteiger partial charge >= 0.3 is 0 Å². The predicted octanol–water partition coefficient (Wildman–Crippen LogP) is 5.60. The van der Waals surface area contributed by atoms with Crippen LogP contribution in [0.2, 0.25) is 0 Å². The number of rotatable bonds is 9. The maximum Gasteiger partial charge on any atom is 0.265 e. The Bertz CT molecular complexity index is 2060. The van der Waals surface area contributed by atoms with Crippen molar-refractivity contribution in [3.63, 3.8) is 0 Å². The first-order valence-electron chi connectivity index (χ1n) is 13.6. The van der Waals surface area contributed by atoms with Crippen LogP contribution in [0.15, 0.2) is 89.8 Å². The van der Waals surface area contributed by atoms with Crippen LogP contribution in [0.5, 0.6) is 5.75 Å². The molecule has 10 heteroatoms. The number of fused-ring (bicyclic) bond motifs is 4. The fraction of sp³-hybridized carbons (Fsp3) is 0.188. The second kappa shape index (κ2) is 11.0. The Morgan fingerprint density at radius 2 is 1.60 bits per heavy atom. The lowest BCUT2D eigenvalue weighted by Gasteiger charge is -2.10. The van der Waals surface area contributed by atoms with E-state index >= 15 is 0 Å². The molecule has 0 unspecified atom stereocenters. The average Bonchev–Trinajstić information content (AvgIpc) is 3.54. The molecule has 4 aromatic carbocycles. The molecule has 1 N–H and O–H groups in total. The topological polar surface area (TPSA) is 104 Å². The zero-order chi connectivity index (χ0) is 29.4. The van der Waals surface area contributed by atoms with Crippen LogP contribution in [0.3, 0.4) is 0 Å². The standard InChI is InChI=1S/C32H30N4O5S/c1-4-35-28-8-6-5-7-25(28)26-19-21(9-15-29(26)35)31-33-27-20-22(10-16-30(27)36(31)17-18-40-2)32(37)34-42(38,39)24-13-11-23(41-3)12-14-24/h5-16,19-20H,4,17-18H2,1-3H3,(H,34,37). The largest absolute Gasteiger partial charge is 0.497 e. The van der Waals surface area contributed by atoms with Crippen LogP contribution >= 0.6 is 0 Å². The van der Waals surface area contributed by atoms with E-state index in [2.05, 4.69) is 57.2 Å². The van der Waals surface area contributed by atoms with Gasteiger partial charge in [-0.25, -0.2) is 18.1 Å². The lowest BCUT2D eigenvalue weighted by molar-refractivity contribution is 0.0981. The number of nitrogens with one attached hydrogen (secondary N) is 1. The second-order valence-corrected chi connectivity index (χ2v) is 11.6. The summed E-state index contributed by atoms with van der Waals surface area (Å²) >= 11 is 0. The summed E-state index contributed by atoms with van der Waals surface area (Å²) in [7, 11) is -0.940. The summed E-state index contributed by atoms with van der Waals surface area (Å²) in [6, 6.07) is 25.5. The van der Waals surface area contributed by atoms with E-state index in [1.807, 2.05) is 6.07 Å². The molecule has 9 nitrogen and oxygen atoms in total. The highest BCUT2D eigenvalue weighted by Gasteiger charge is 2.21. The molecule has 42 heavy (non-hydrogen) atoms. The van der Waals surface area contributed by atoms with E-state index in [1.165, 1.54) is 42.3 Å². The number of aromatic nitrogens is 3. The number of methoxy groups -OCH3 is 2. The molecule has 0 spiro atoms. The number of para-hydroxylation sites is 1. The summed E-state index contributed by atoms with van der Waals surface area (Å²) in [5.74, 6) is 0.510. The van der Waals surface area contributed by atoms with Crippen molar-refractivity contribution >= 4 is 48.8 Å². The molecular formula is C32H30N4O5S. The minimum Gasteiger partial charge on any atom is -0.497 e. The van der Waals surface area contributed by atoms with Crippen molar-refractivity contribution < 1.29 is 22.7 Å². The third kappa shape index (κ3) is 4.78. The number of benzene rings is 4. The number of hydrogen-bond donors (Lipinski definition) is 1. The minimum absolute atomic E-state index is 0.0383. The van der Waals surface area contributed by atoms with Crippen molar-refractivity contribution in [1.82, 2.24) is 18.8 Å². The highest BCUT2D eigenvalue weighted by molar-refractivity contribution is 7.90. The maximum atomic E-state index is 13.1. The first-order valence-corrected chi connectivity index (χ1v) is 15.0. The Morgan fingerprint density at radius 1 is 0.857 bits per heavy atom. The summed E-state index contributed by atoms with van der Waals surface area (Å²) in [5.41, 5.74) is 4.84. The van der Waals surface area contributed by atoms with Gasteiger partial charge in [0.1, 0.15) is 11.6 Å². The van der Waals surface area contributed by atoms with Gasteiger partial charge in [0.15, 0.2) is 0 Å². The lowest BCUT2D eigenvalue weighted by atomic mass is 10.1. The van der Waals surface area contributed by atoms with Gasteiger partial charge in [0.25, 0.3) is 15.9 Å². The summed E-state index contributed by atoms with van der Waals surface area (Å²) in [6.45, 7) is 4.02. The van der Waals surface area contributed by atoms with Gasteiger partial charge in [-0.05, 0) is 73.7 Å². The molecule has 0 aliphatic heterocycles. The van der Waals surface area contributed by atoms with Gasteiger partial charge in [-0.3, -0.25) is 4.79 Å². The van der Waals surface area contributed by atoms with Crippen molar-refractivity contribution in [1.29, 1.82) is 0 Å². The molecule has 6 rings (SSSR count). The maximum absolute atomic E-state index is 13.1. The van der Waals surface area contributed by atoms with Crippen LogP contribution in [-0.2, 0) is 27.8 Å². The van der Waals surface area contributed by atoms with E-state index < -0.39 is 15.9 Å². The Kier molecular flexibility index (Phi) is 7.17. The predicted molar refractivity (Wildman–Crippen MR) is 163 cm³/mol. The van der Waals surface area contributed by atoms with Gasteiger partial charge in [-0.2, -0.15) is 0 Å². The molecule has 2 heterocycles. The van der Waals surface area contributed by atoms with Gasteiger partial charge in [0.05, 0.1) is 29.6 Å². The molecule has 2 aromatic heterocycles. The van der Waals surface area contributed by atoms with Crippen LogP contribution in [0.1, 0.15) is 17.3 Å². The Balaban J connectivity index is 1.40. The summed E-state index contributed by atoms with van der Waals surface area (Å²) in [5, 5.41) is 2.31. The molecule has 0 fully saturated rings. The Hall–Kier alpha value is -4.67. The average molecular weight is 583 g/mol. The normalized spacial score (nSPS) is 11.9. The summed E-state index contributed by atoms with van der Waals surface area (Å²) in [4.78, 5) is 17.9. The fourth-order valence-electron chi connectivity index (χ4n) is 5.43. The van der Waals surface area contributed by atoms with E-state index in [9.17, 15) is 13.2 Å². The third-order valence-electron chi connectivity index (χ3n) is 7.47. The number of nitrogens with zero attached hydrogens (tertiary/aromatic N) is 3. The number of carbonyl (C=O) groups is 1. The summed E-state index contributed by atoms with van der Waals surface area (Å²) < 4.78 is 42.7. The van der Waals surface area contributed by atoms with Crippen molar-refractivity contribution in [2.75, 3.05) is 20.8 Å². The molecule has 0 aliphatic rings. The van der Waals surface area contributed by atoms with Crippen LogP contribution in [0, 0.1) is 0 Å². The molecule has 0 saturated carbocycles. The molecule has 6 aromatic rings. The first-order chi connectivity index (χ1) is 20.3.